The van der Waals surface area contributed by atoms with E-state index in [1.54, 1.807) is 6.08 Å². The number of benzene rings is 2. The van der Waals surface area contributed by atoms with Gasteiger partial charge in [-0.15, -0.1) is 0 Å². The van der Waals surface area contributed by atoms with Crippen molar-refractivity contribution in [1.29, 1.82) is 0 Å². The van der Waals surface area contributed by atoms with E-state index in [4.69, 9.17) is 4.74 Å². The van der Waals surface area contributed by atoms with Crippen LogP contribution in [0.5, 0.6) is 0 Å². The molecule has 0 aliphatic rings. The van der Waals surface area contributed by atoms with E-state index in [2.05, 4.69) is 0 Å². The smallest absolute Gasteiger partial charge is 0.0957 e. The molecule has 0 saturated carbocycles. The normalized spacial score (nSPS) is 12.7. The number of hydrogen-bond acceptors (Lipinski definition) is 2. The third kappa shape index (κ3) is 5.08. The Balaban J connectivity index is 1.73. The topological polar surface area (TPSA) is 29.5 Å². The quantitative estimate of drug-likeness (QED) is 0.857. The van der Waals surface area contributed by atoms with Crippen LogP contribution >= 0.6 is 0 Å². The first-order valence-electron chi connectivity index (χ1n) is 6.37. The number of aliphatic hydroxyl groups excluding tert-OH is 1. The van der Waals surface area contributed by atoms with Crippen LogP contribution in [0.15, 0.2) is 66.7 Å². The lowest BCUT2D eigenvalue weighted by atomic mass is 10.2. The van der Waals surface area contributed by atoms with Crippen LogP contribution in [0.25, 0.3) is 6.08 Å². The van der Waals surface area contributed by atoms with Crippen molar-refractivity contribution in [1.82, 2.24) is 0 Å². The van der Waals surface area contributed by atoms with Gasteiger partial charge < -0.3 is 9.84 Å². The standard InChI is InChI=1S/C17H18O2/c18-17(12-11-15-7-3-1-4-8-15)14-19-13-16-9-5-2-6-10-16/h1-12,17-18H,13-14H2/b12-11+. The molecular formula is C17H18O2. The fourth-order valence-electron chi connectivity index (χ4n) is 1.71. The van der Waals surface area contributed by atoms with Gasteiger partial charge in [-0.05, 0) is 11.1 Å². The van der Waals surface area contributed by atoms with Gasteiger partial charge in [0.1, 0.15) is 0 Å². The molecule has 0 aliphatic carbocycles. The highest BCUT2D eigenvalue weighted by atomic mass is 16.5. The van der Waals surface area contributed by atoms with Gasteiger partial charge in [0.15, 0.2) is 0 Å². The highest BCUT2D eigenvalue weighted by Gasteiger charge is 1.99. The molecule has 0 radical (unpaired) electrons. The lowest BCUT2D eigenvalue weighted by molar-refractivity contribution is 0.0507. The van der Waals surface area contributed by atoms with Crippen molar-refractivity contribution >= 4 is 6.08 Å². The molecule has 98 valence electrons. The van der Waals surface area contributed by atoms with Crippen LogP contribution in [-0.2, 0) is 11.3 Å². The molecule has 0 bridgehead atoms. The van der Waals surface area contributed by atoms with E-state index in [1.165, 1.54) is 0 Å². The molecule has 0 spiro atoms. The molecule has 1 N–H and O–H groups in total. The van der Waals surface area contributed by atoms with Crippen LogP contribution in [-0.4, -0.2) is 17.8 Å². The van der Waals surface area contributed by atoms with Gasteiger partial charge in [0.25, 0.3) is 0 Å². The Kier molecular flexibility index (Phi) is 5.35. The van der Waals surface area contributed by atoms with Gasteiger partial charge in [0.05, 0.1) is 19.3 Å². The fourth-order valence-corrected chi connectivity index (χ4v) is 1.71. The van der Waals surface area contributed by atoms with E-state index in [0.717, 1.165) is 11.1 Å². The van der Waals surface area contributed by atoms with Crippen LogP contribution in [0.4, 0.5) is 0 Å². The lowest BCUT2D eigenvalue weighted by Gasteiger charge is -2.07. The minimum atomic E-state index is -0.580. The molecule has 2 aromatic rings. The van der Waals surface area contributed by atoms with E-state index in [9.17, 15) is 5.11 Å². The number of ether oxygens (including phenoxy) is 1. The molecule has 0 aliphatic heterocycles. The predicted molar refractivity (Wildman–Crippen MR) is 77.6 cm³/mol. The number of hydrogen-bond donors (Lipinski definition) is 1. The van der Waals surface area contributed by atoms with Crippen molar-refractivity contribution in [2.45, 2.75) is 12.7 Å². The molecule has 0 aromatic heterocycles. The van der Waals surface area contributed by atoms with Crippen molar-refractivity contribution in [3.63, 3.8) is 0 Å². The Morgan fingerprint density at radius 1 is 0.947 bits per heavy atom. The molecule has 0 saturated heterocycles. The molecule has 2 nitrogen and oxygen atoms in total. The average molecular weight is 254 g/mol. The molecule has 2 heteroatoms. The van der Waals surface area contributed by atoms with Gasteiger partial charge in [-0.2, -0.15) is 0 Å². The second kappa shape index (κ2) is 7.52. The van der Waals surface area contributed by atoms with E-state index in [0.29, 0.717) is 13.2 Å². The maximum Gasteiger partial charge on any atom is 0.0957 e. The monoisotopic (exact) mass is 254 g/mol. The zero-order valence-corrected chi connectivity index (χ0v) is 10.8. The summed E-state index contributed by atoms with van der Waals surface area (Å²) in [5.41, 5.74) is 2.19. The second-order valence-electron chi connectivity index (χ2n) is 4.34. The third-order valence-electron chi connectivity index (χ3n) is 2.71. The van der Waals surface area contributed by atoms with Crippen molar-refractivity contribution in [2.24, 2.45) is 0 Å². The average Bonchev–Trinajstić information content (AvgIpc) is 2.47. The summed E-state index contributed by atoms with van der Waals surface area (Å²) in [5, 5.41) is 9.78. The summed E-state index contributed by atoms with van der Waals surface area (Å²) in [7, 11) is 0. The Hall–Kier alpha value is -1.90. The zero-order valence-electron chi connectivity index (χ0n) is 10.8. The van der Waals surface area contributed by atoms with Gasteiger partial charge in [-0.1, -0.05) is 72.8 Å². The first-order chi connectivity index (χ1) is 9.34. The first-order valence-corrected chi connectivity index (χ1v) is 6.37. The largest absolute Gasteiger partial charge is 0.387 e. The second-order valence-corrected chi connectivity index (χ2v) is 4.34. The molecule has 0 heterocycles. The Morgan fingerprint density at radius 2 is 1.58 bits per heavy atom. The first kappa shape index (κ1) is 13.5. The summed E-state index contributed by atoms with van der Waals surface area (Å²) in [5.74, 6) is 0. The van der Waals surface area contributed by atoms with Crippen LogP contribution in [0.1, 0.15) is 11.1 Å². The fraction of sp³-hybridized carbons (Fsp3) is 0.176. The van der Waals surface area contributed by atoms with Crippen molar-refractivity contribution < 1.29 is 9.84 Å². The number of aliphatic hydroxyl groups is 1. The third-order valence-corrected chi connectivity index (χ3v) is 2.71. The van der Waals surface area contributed by atoms with E-state index < -0.39 is 6.10 Å². The molecule has 2 rings (SSSR count). The molecule has 2 aromatic carbocycles. The predicted octanol–water partition coefficient (Wildman–Crippen LogP) is 3.28. The molecule has 1 unspecified atom stereocenters. The minimum Gasteiger partial charge on any atom is -0.387 e. The maximum absolute atomic E-state index is 9.78. The van der Waals surface area contributed by atoms with Gasteiger partial charge in [-0.25, -0.2) is 0 Å². The van der Waals surface area contributed by atoms with E-state index in [1.807, 2.05) is 66.7 Å². The summed E-state index contributed by atoms with van der Waals surface area (Å²) in [6.07, 6.45) is 3.07. The molecule has 0 amide bonds. The van der Waals surface area contributed by atoms with Crippen LogP contribution in [0, 0.1) is 0 Å². The summed E-state index contributed by atoms with van der Waals surface area (Å²) < 4.78 is 5.47. The molecule has 0 fully saturated rings. The Morgan fingerprint density at radius 3 is 2.26 bits per heavy atom. The Bertz CT molecular complexity index is 491. The lowest BCUT2D eigenvalue weighted by Crippen LogP contribution is -2.11. The SMILES string of the molecule is OC(/C=C/c1ccccc1)COCc1ccccc1. The molecular weight excluding hydrogens is 236 g/mol. The highest BCUT2D eigenvalue weighted by molar-refractivity contribution is 5.49. The van der Waals surface area contributed by atoms with Crippen molar-refractivity contribution in [3.8, 4) is 0 Å². The Labute approximate surface area is 114 Å². The number of rotatable bonds is 6. The molecule has 19 heavy (non-hydrogen) atoms. The molecule has 1 atom stereocenters. The van der Waals surface area contributed by atoms with Gasteiger partial charge in [0, 0.05) is 0 Å². The van der Waals surface area contributed by atoms with Crippen LogP contribution in [0.3, 0.4) is 0 Å². The minimum absolute atomic E-state index is 0.304. The summed E-state index contributed by atoms with van der Waals surface area (Å²) >= 11 is 0. The van der Waals surface area contributed by atoms with Gasteiger partial charge in [-0.3, -0.25) is 0 Å². The summed E-state index contributed by atoms with van der Waals surface area (Å²) in [6.45, 7) is 0.829. The highest BCUT2D eigenvalue weighted by Crippen LogP contribution is 2.04. The van der Waals surface area contributed by atoms with Crippen LogP contribution < -0.4 is 0 Å². The van der Waals surface area contributed by atoms with Crippen molar-refractivity contribution in [2.75, 3.05) is 6.61 Å². The van der Waals surface area contributed by atoms with E-state index in [-0.39, 0.29) is 0 Å². The van der Waals surface area contributed by atoms with E-state index >= 15 is 0 Å². The van der Waals surface area contributed by atoms with Gasteiger partial charge >= 0.3 is 0 Å². The summed E-state index contributed by atoms with van der Waals surface area (Å²) in [6, 6.07) is 19.8. The van der Waals surface area contributed by atoms with Gasteiger partial charge in [0.2, 0.25) is 0 Å². The zero-order chi connectivity index (χ0) is 13.3. The van der Waals surface area contributed by atoms with Crippen molar-refractivity contribution in [3.05, 3.63) is 77.9 Å². The van der Waals surface area contributed by atoms with Crippen LogP contribution in [0.2, 0.25) is 0 Å². The maximum atomic E-state index is 9.78. The summed E-state index contributed by atoms with van der Waals surface area (Å²) in [4.78, 5) is 0.